The van der Waals surface area contributed by atoms with Crippen molar-refractivity contribution in [3.05, 3.63) is 0 Å². The topological polar surface area (TPSA) is 38.8 Å². The predicted molar refractivity (Wildman–Crippen MR) is 72.0 cm³/mol. The molecule has 1 heterocycles. The summed E-state index contributed by atoms with van der Waals surface area (Å²) in [6.45, 7) is 8.76. The molecule has 1 atom stereocenters. The van der Waals surface area contributed by atoms with Crippen LogP contribution < -0.4 is 0 Å². The highest BCUT2D eigenvalue weighted by atomic mass is 19.1. The second-order valence-corrected chi connectivity index (χ2v) is 6.35. The summed E-state index contributed by atoms with van der Waals surface area (Å²) in [5.74, 6) is 0. The molecular formula is C14H26FNO3. The molecule has 0 N–H and O–H groups in total. The molecule has 0 aliphatic carbocycles. The number of halogens is 1. The van der Waals surface area contributed by atoms with Crippen LogP contribution in [0.4, 0.5) is 9.18 Å². The highest BCUT2D eigenvalue weighted by molar-refractivity contribution is 5.68. The van der Waals surface area contributed by atoms with Gasteiger partial charge in [0.05, 0.1) is 18.8 Å². The second kappa shape index (κ2) is 6.55. The van der Waals surface area contributed by atoms with Gasteiger partial charge < -0.3 is 14.4 Å². The molecule has 19 heavy (non-hydrogen) atoms. The van der Waals surface area contributed by atoms with Gasteiger partial charge in [-0.1, -0.05) is 0 Å². The number of ether oxygens (including phenoxy) is 2. The number of nitrogens with zero attached hydrogens (tertiary/aromatic N) is 1. The first-order chi connectivity index (χ1) is 8.76. The summed E-state index contributed by atoms with van der Waals surface area (Å²) in [5, 5.41) is 0. The highest BCUT2D eigenvalue weighted by Gasteiger charge is 2.35. The number of hydrogen-bond donors (Lipinski definition) is 0. The molecule has 1 aliphatic heterocycles. The van der Waals surface area contributed by atoms with Gasteiger partial charge in [-0.05, 0) is 47.0 Å². The maximum Gasteiger partial charge on any atom is 0.410 e. The number of piperidine rings is 1. The van der Waals surface area contributed by atoms with Crippen molar-refractivity contribution in [2.75, 3.05) is 26.4 Å². The van der Waals surface area contributed by atoms with Crippen molar-refractivity contribution in [3.8, 4) is 0 Å². The summed E-state index contributed by atoms with van der Waals surface area (Å²) in [4.78, 5) is 13.7. The van der Waals surface area contributed by atoms with E-state index in [4.69, 9.17) is 9.47 Å². The molecule has 0 aromatic carbocycles. The SMILES string of the molecule is CC(C)(C)OC(=O)N1CCCC(C)(OCCCF)C1. The molecule has 4 nitrogen and oxygen atoms in total. The first kappa shape index (κ1) is 16.2. The van der Waals surface area contributed by atoms with E-state index >= 15 is 0 Å². The number of hydrogen-bond acceptors (Lipinski definition) is 3. The van der Waals surface area contributed by atoms with Gasteiger partial charge in [-0.2, -0.15) is 0 Å². The van der Waals surface area contributed by atoms with Crippen LogP contribution in [0.1, 0.15) is 47.0 Å². The second-order valence-electron chi connectivity index (χ2n) is 6.35. The molecule has 1 amide bonds. The van der Waals surface area contributed by atoms with Crippen LogP contribution in [0.15, 0.2) is 0 Å². The predicted octanol–water partition coefficient (Wildman–Crippen LogP) is 3.15. The Morgan fingerprint density at radius 2 is 2.11 bits per heavy atom. The number of alkyl halides is 1. The number of carbonyl (C=O) groups is 1. The Labute approximate surface area is 115 Å². The van der Waals surface area contributed by atoms with Crippen molar-refractivity contribution >= 4 is 6.09 Å². The highest BCUT2D eigenvalue weighted by Crippen LogP contribution is 2.26. The molecule has 1 unspecified atom stereocenters. The Hall–Kier alpha value is -0.840. The van der Waals surface area contributed by atoms with E-state index in [9.17, 15) is 9.18 Å². The van der Waals surface area contributed by atoms with Crippen LogP contribution in [-0.2, 0) is 9.47 Å². The third kappa shape index (κ3) is 5.76. The smallest absolute Gasteiger partial charge is 0.410 e. The van der Waals surface area contributed by atoms with Crippen LogP contribution in [0, 0.1) is 0 Å². The lowest BCUT2D eigenvalue weighted by molar-refractivity contribution is -0.0810. The fraction of sp³-hybridized carbons (Fsp3) is 0.929. The minimum atomic E-state index is -0.486. The summed E-state index contributed by atoms with van der Waals surface area (Å²) >= 11 is 0. The zero-order valence-corrected chi connectivity index (χ0v) is 12.5. The Morgan fingerprint density at radius 3 is 2.68 bits per heavy atom. The van der Waals surface area contributed by atoms with Gasteiger partial charge >= 0.3 is 6.09 Å². The van der Waals surface area contributed by atoms with Gasteiger partial charge in [0, 0.05) is 13.2 Å². The van der Waals surface area contributed by atoms with Crippen LogP contribution >= 0.6 is 0 Å². The normalized spacial score (nSPS) is 24.4. The average molecular weight is 275 g/mol. The summed E-state index contributed by atoms with van der Waals surface area (Å²) in [6, 6.07) is 0. The van der Waals surface area contributed by atoms with Gasteiger partial charge in [-0.15, -0.1) is 0 Å². The Morgan fingerprint density at radius 1 is 1.42 bits per heavy atom. The fourth-order valence-corrected chi connectivity index (χ4v) is 2.18. The molecule has 0 saturated carbocycles. The van der Waals surface area contributed by atoms with E-state index < -0.39 is 5.60 Å². The van der Waals surface area contributed by atoms with E-state index in [2.05, 4.69) is 0 Å². The fourth-order valence-electron chi connectivity index (χ4n) is 2.18. The van der Waals surface area contributed by atoms with Crippen molar-refractivity contribution in [2.24, 2.45) is 0 Å². The molecule has 0 aromatic rings. The Kier molecular flexibility index (Phi) is 5.59. The summed E-state index contributed by atoms with van der Waals surface area (Å²) in [5.41, 5.74) is -0.871. The van der Waals surface area contributed by atoms with E-state index in [-0.39, 0.29) is 18.4 Å². The summed E-state index contributed by atoms with van der Waals surface area (Å²) in [7, 11) is 0. The lowest BCUT2D eigenvalue weighted by atomic mass is 9.95. The molecule has 1 saturated heterocycles. The third-order valence-corrected chi connectivity index (χ3v) is 3.04. The standard InChI is InChI=1S/C14H26FNO3/c1-13(2,3)19-12(17)16-9-5-7-14(4,11-16)18-10-6-8-15/h5-11H2,1-4H3. The minimum absolute atomic E-state index is 0.299. The van der Waals surface area contributed by atoms with Gasteiger partial charge in [0.25, 0.3) is 0 Å². The van der Waals surface area contributed by atoms with Crippen LogP contribution in [0.2, 0.25) is 0 Å². The molecule has 0 radical (unpaired) electrons. The maximum atomic E-state index is 12.1. The van der Waals surface area contributed by atoms with Crippen molar-refractivity contribution in [1.29, 1.82) is 0 Å². The molecular weight excluding hydrogens is 249 g/mol. The Bertz CT molecular complexity index is 304. The first-order valence-corrected chi connectivity index (χ1v) is 6.94. The lowest BCUT2D eigenvalue weighted by Crippen LogP contribution is -2.51. The van der Waals surface area contributed by atoms with Gasteiger partial charge in [0.2, 0.25) is 0 Å². The summed E-state index contributed by atoms with van der Waals surface area (Å²) < 4.78 is 23.2. The molecule has 1 fully saturated rings. The molecule has 5 heteroatoms. The first-order valence-electron chi connectivity index (χ1n) is 6.94. The zero-order valence-electron chi connectivity index (χ0n) is 12.5. The zero-order chi connectivity index (χ0) is 14.5. The molecule has 0 spiro atoms. The quantitative estimate of drug-likeness (QED) is 0.740. The molecule has 1 rings (SSSR count). The van der Waals surface area contributed by atoms with E-state index in [1.165, 1.54) is 0 Å². The maximum absolute atomic E-state index is 12.1. The van der Waals surface area contributed by atoms with E-state index in [1.54, 1.807) is 4.90 Å². The van der Waals surface area contributed by atoms with Crippen molar-refractivity contribution in [2.45, 2.75) is 58.2 Å². The summed E-state index contributed by atoms with van der Waals surface area (Å²) in [6.07, 6.45) is 1.87. The number of likely N-dealkylation sites (tertiary alicyclic amines) is 1. The van der Waals surface area contributed by atoms with Gasteiger partial charge in [0.15, 0.2) is 0 Å². The van der Waals surface area contributed by atoms with E-state index in [0.717, 1.165) is 12.8 Å². The lowest BCUT2D eigenvalue weighted by Gasteiger charge is -2.40. The van der Waals surface area contributed by atoms with Crippen molar-refractivity contribution < 1.29 is 18.7 Å². The molecule has 0 aromatic heterocycles. The monoisotopic (exact) mass is 275 g/mol. The van der Waals surface area contributed by atoms with Crippen LogP contribution in [-0.4, -0.2) is 48.6 Å². The number of amides is 1. The van der Waals surface area contributed by atoms with E-state index in [1.807, 2.05) is 27.7 Å². The molecule has 112 valence electrons. The van der Waals surface area contributed by atoms with Crippen LogP contribution in [0.3, 0.4) is 0 Å². The Balaban J connectivity index is 2.51. The van der Waals surface area contributed by atoms with Gasteiger partial charge in [-0.3, -0.25) is 4.39 Å². The van der Waals surface area contributed by atoms with Gasteiger partial charge in [-0.25, -0.2) is 4.79 Å². The van der Waals surface area contributed by atoms with Crippen molar-refractivity contribution in [3.63, 3.8) is 0 Å². The number of carbonyl (C=O) groups excluding carboxylic acids is 1. The van der Waals surface area contributed by atoms with Crippen LogP contribution in [0.25, 0.3) is 0 Å². The average Bonchev–Trinajstić information content (AvgIpc) is 2.27. The molecule has 1 aliphatic rings. The van der Waals surface area contributed by atoms with Crippen LogP contribution in [0.5, 0.6) is 0 Å². The number of rotatable bonds is 4. The van der Waals surface area contributed by atoms with Gasteiger partial charge in [0.1, 0.15) is 5.60 Å². The molecule has 0 bridgehead atoms. The minimum Gasteiger partial charge on any atom is -0.444 e. The largest absolute Gasteiger partial charge is 0.444 e. The van der Waals surface area contributed by atoms with Crippen molar-refractivity contribution in [1.82, 2.24) is 4.90 Å². The third-order valence-electron chi connectivity index (χ3n) is 3.04. The van der Waals surface area contributed by atoms with E-state index in [0.29, 0.717) is 26.1 Å².